The third kappa shape index (κ3) is 5.07. The summed E-state index contributed by atoms with van der Waals surface area (Å²) in [5.74, 6) is 0.705. The number of rotatable bonds is 7. The molecule has 0 bridgehead atoms. The summed E-state index contributed by atoms with van der Waals surface area (Å²) in [7, 11) is 0.105. The van der Waals surface area contributed by atoms with Crippen LogP contribution in [0.25, 0.3) is 6.08 Å². The Kier molecular flexibility index (Phi) is 6.39. The minimum atomic E-state index is -3.05. The van der Waals surface area contributed by atoms with E-state index in [1.165, 1.54) is 6.08 Å². The lowest BCUT2D eigenvalue weighted by molar-refractivity contribution is -0.128. The summed E-state index contributed by atoms with van der Waals surface area (Å²) in [6, 6.07) is 7.05. The molecule has 1 aliphatic heterocycles. The fraction of sp³-hybridized carbons (Fsp3) is 0.471. The molecule has 7 heteroatoms. The summed E-state index contributed by atoms with van der Waals surface area (Å²) in [5.41, 5.74) is 0.870. The maximum atomic E-state index is 12.5. The van der Waals surface area contributed by atoms with Crippen molar-refractivity contribution in [2.24, 2.45) is 0 Å². The maximum absolute atomic E-state index is 12.5. The summed E-state index contributed by atoms with van der Waals surface area (Å²) in [6.07, 6.45) is 3.67. The molecule has 0 saturated carbocycles. The van der Waals surface area contributed by atoms with Crippen LogP contribution in [-0.4, -0.2) is 64.1 Å². The van der Waals surface area contributed by atoms with E-state index in [2.05, 4.69) is 0 Å². The van der Waals surface area contributed by atoms with Crippen LogP contribution in [0, 0.1) is 0 Å². The van der Waals surface area contributed by atoms with E-state index >= 15 is 0 Å². The van der Waals surface area contributed by atoms with Gasteiger partial charge in [0.25, 0.3) is 0 Å². The predicted octanol–water partition coefficient (Wildman–Crippen LogP) is 1.37. The van der Waals surface area contributed by atoms with Gasteiger partial charge < -0.3 is 14.4 Å². The van der Waals surface area contributed by atoms with Crippen molar-refractivity contribution >= 4 is 21.8 Å². The Labute approximate surface area is 143 Å². The zero-order chi connectivity index (χ0) is 17.6. The largest absolute Gasteiger partial charge is 0.497 e. The standard InChI is InChI=1S/C17H23NO5S/c1-22-11-10-18(15-9-12-24(20,21)13-15)17(19)8-5-14-3-6-16(23-2)7-4-14/h3-8,15H,9-13H2,1-2H3/b8-5+/t15-/m1/s1. The summed E-state index contributed by atoms with van der Waals surface area (Å²) in [4.78, 5) is 14.1. The Hall–Kier alpha value is -1.86. The first-order valence-corrected chi connectivity index (χ1v) is 9.59. The van der Waals surface area contributed by atoms with Gasteiger partial charge >= 0.3 is 0 Å². The van der Waals surface area contributed by atoms with Gasteiger partial charge in [0.2, 0.25) is 5.91 Å². The van der Waals surface area contributed by atoms with Crippen molar-refractivity contribution in [3.05, 3.63) is 35.9 Å². The van der Waals surface area contributed by atoms with Crippen molar-refractivity contribution in [3.8, 4) is 5.75 Å². The number of ether oxygens (including phenoxy) is 2. The molecule has 1 fully saturated rings. The molecule has 1 aliphatic rings. The third-order valence-corrected chi connectivity index (χ3v) is 5.75. The van der Waals surface area contributed by atoms with Crippen LogP contribution in [-0.2, 0) is 19.4 Å². The van der Waals surface area contributed by atoms with Gasteiger partial charge in [-0.05, 0) is 30.2 Å². The van der Waals surface area contributed by atoms with E-state index in [9.17, 15) is 13.2 Å². The van der Waals surface area contributed by atoms with Gasteiger partial charge in [-0.25, -0.2) is 8.42 Å². The van der Waals surface area contributed by atoms with E-state index in [-0.39, 0.29) is 23.5 Å². The van der Waals surface area contributed by atoms with Crippen molar-refractivity contribution in [2.45, 2.75) is 12.5 Å². The van der Waals surface area contributed by atoms with Crippen LogP contribution in [0.5, 0.6) is 5.75 Å². The summed E-state index contributed by atoms with van der Waals surface area (Å²) < 4.78 is 33.5. The number of amides is 1. The van der Waals surface area contributed by atoms with E-state index in [0.29, 0.717) is 19.6 Å². The van der Waals surface area contributed by atoms with Gasteiger partial charge in [-0.1, -0.05) is 12.1 Å². The lowest BCUT2D eigenvalue weighted by atomic mass is 10.2. The number of nitrogens with zero attached hydrogens (tertiary/aromatic N) is 1. The van der Waals surface area contributed by atoms with Crippen LogP contribution >= 0.6 is 0 Å². The minimum Gasteiger partial charge on any atom is -0.497 e. The van der Waals surface area contributed by atoms with Gasteiger partial charge in [-0.3, -0.25) is 4.79 Å². The predicted molar refractivity (Wildman–Crippen MR) is 92.7 cm³/mol. The van der Waals surface area contributed by atoms with Crippen LogP contribution in [0.1, 0.15) is 12.0 Å². The van der Waals surface area contributed by atoms with Crippen molar-refractivity contribution in [1.29, 1.82) is 0 Å². The topological polar surface area (TPSA) is 72.9 Å². The van der Waals surface area contributed by atoms with Crippen molar-refractivity contribution in [2.75, 3.05) is 38.9 Å². The molecule has 0 N–H and O–H groups in total. The monoisotopic (exact) mass is 353 g/mol. The number of sulfone groups is 1. The van der Waals surface area contributed by atoms with E-state index in [4.69, 9.17) is 9.47 Å². The molecule has 0 aromatic heterocycles. The van der Waals surface area contributed by atoms with Crippen LogP contribution in [0.2, 0.25) is 0 Å². The van der Waals surface area contributed by atoms with Gasteiger partial charge in [-0.2, -0.15) is 0 Å². The van der Waals surface area contributed by atoms with Gasteiger partial charge in [0.15, 0.2) is 9.84 Å². The van der Waals surface area contributed by atoms with E-state index in [0.717, 1.165) is 11.3 Å². The fourth-order valence-electron chi connectivity index (χ4n) is 2.66. The Morgan fingerprint density at radius 1 is 1.29 bits per heavy atom. The Balaban J connectivity index is 2.07. The van der Waals surface area contributed by atoms with Crippen molar-refractivity contribution < 1.29 is 22.7 Å². The zero-order valence-corrected chi connectivity index (χ0v) is 14.8. The quantitative estimate of drug-likeness (QED) is 0.692. The second-order valence-electron chi connectivity index (χ2n) is 5.69. The molecule has 1 saturated heterocycles. The molecule has 0 unspecified atom stereocenters. The van der Waals surface area contributed by atoms with Crippen LogP contribution in [0.15, 0.2) is 30.3 Å². The molecule has 24 heavy (non-hydrogen) atoms. The van der Waals surface area contributed by atoms with Gasteiger partial charge in [0.05, 0.1) is 25.2 Å². The first kappa shape index (κ1) is 18.5. The summed E-state index contributed by atoms with van der Waals surface area (Å²) in [6.45, 7) is 0.751. The Bertz CT molecular complexity index is 681. The summed E-state index contributed by atoms with van der Waals surface area (Å²) in [5, 5.41) is 0. The normalized spacial score (nSPS) is 19.5. The maximum Gasteiger partial charge on any atom is 0.246 e. The molecule has 132 valence electrons. The third-order valence-electron chi connectivity index (χ3n) is 4.00. The molecule has 1 atom stereocenters. The molecular weight excluding hydrogens is 330 g/mol. The van der Waals surface area contributed by atoms with Crippen molar-refractivity contribution in [3.63, 3.8) is 0 Å². The number of carbonyl (C=O) groups is 1. The molecule has 1 aromatic carbocycles. The Morgan fingerprint density at radius 3 is 2.54 bits per heavy atom. The smallest absolute Gasteiger partial charge is 0.246 e. The van der Waals surface area contributed by atoms with E-state index < -0.39 is 9.84 Å². The summed E-state index contributed by atoms with van der Waals surface area (Å²) >= 11 is 0. The van der Waals surface area contributed by atoms with Gasteiger partial charge in [0, 0.05) is 25.8 Å². The number of hydrogen-bond acceptors (Lipinski definition) is 5. The minimum absolute atomic E-state index is 0.0266. The number of benzene rings is 1. The molecule has 1 aromatic rings. The molecule has 1 amide bonds. The molecule has 2 rings (SSSR count). The van der Waals surface area contributed by atoms with Gasteiger partial charge in [0.1, 0.15) is 5.75 Å². The average molecular weight is 353 g/mol. The highest BCUT2D eigenvalue weighted by Crippen LogP contribution is 2.19. The van der Waals surface area contributed by atoms with Crippen LogP contribution in [0.3, 0.4) is 0 Å². The molecule has 0 spiro atoms. The fourth-order valence-corrected chi connectivity index (χ4v) is 4.39. The van der Waals surface area contributed by atoms with Crippen LogP contribution in [0.4, 0.5) is 0 Å². The molecule has 0 aliphatic carbocycles. The lowest BCUT2D eigenvalue weighted by Crippen LogP contribution is -2.42. The second kappa shape index (κ2) is 8.30. The van der Waals surface area contributed by atoms with Gasteiger partial charge in [-0.15, -0.1) is 0 Å². The zero-order valence-electron chi connectivity index (χ0n) is 14.0. The Morgan fingerprint density at radius 2 is 2.00 bits per heavy atom. The molecule has 6 nitrogen and oxygen atoms in total. The average Bonchev–Trinajstić information content (AvgIpc) is 2.93. The highest BCUT2D eigenvalue weighted by molar-refractivity contribution is 7.91. The van der Waals surface area contributed by atoms with E-state index in [1.807, 2.05) is 24.3 Å². The van der Waals surface area contributed by atoms with Crippen molar-refractivity contribution in [1.82, 2.24) is 4.90 Å². The first-order chi connectivity index (χ1) is 11.4. The first-order valence-electron chi connectivity index (χ1n) is 7.77. The number of hydrogen-bond donors (Lipinski definition) is 0. The highest BCUT2D eigenvalue weighted by Gasteiger charge is 2.33. The number of methoxy groups -OCH3 is 2. The lowest BCUT2D eigenvalue weighted by Gasteiger charge is -2.26. The van der Waals surface area contributed by atoms with E-state index in [1.54, 1.807) is 25.2 Å². The van der Waals surface area contributed by atoms with Crippen LogP contribution < -0.4 is 4.74 Å². The molecule has 0 radical (unpaired) electrons. The molecular formula is C17H23NO5S. The highest BCUT2D eigenvalue weighted by atomic mass is 32.2. The second-order valence-corrected chi connectivity index (χ2v) is 7.92. The molecule has 1 heterocycles. The SMILES string of the molecule is COCCN(C(=O)/C=C/c1ccc(OC)cc1)[C@@H]1CCS(=O)(=O)C1. The number of carbonyl (C=O) groups excluding carboxylic acids is 1.